The van der Waals surface area contributed by atoms with Crippen LogP contribution in [-0.4, -0.2) is 5.65 Å². The van der Waals surface area contributed by atoms with Gasteiger partial charge in [0.15, 0.2) is 0 Å². The fourth-order valence-corrected chi connectivity index (χ4v) is 7.03. The Hall–Kier alpha value is 0.700. The second kappa shape index (κ2) is 3.02. The monoisotopic (exact) mass is 336 g/mol. The topological polar surface area (TPSA) is 52.0 Å². The summed E-state index contributed by atoms with van der Waals surface area (Å²) in [5, 5.41) is 0. The molecule has 0 fully saturated rings. The highest BCUT2D eigenvalue weighted by Gasteiger charge is 1.89. The van der Waals surface area contributed by atoms with Gasteiger partial charge in [-0.05, 0) is 6.08 Å². The SMILES string of the molecule is NC1=CC(N)=IC=I1. The Balaban J connectivity index is 2.89. The van der Waals surface area contributed by atoms with Crippen molar-refractivity contribution in [3.63, 3.8) is 0 Å². The molecule has 0 atom stereocenters. The zero-order valence-corrected chi connectivity index (χ0v) is 8.38. The second-order valence-electron chi connectivity index (χ2n) is 1.21. The minimum atomic E-state index is 0.0867. The first-order valence-corrected chi connectivity index (χ1v) is 6.62. The fraction of sp³-hybridized carbons (Fsp3) is 0. The molecule has 0 saturated heterocycles. The summed E-state index contributed by atoms with van der Waals surface area (Å²) in [6, 6.07) is 0. The summed E-state index contributed by atoms with van der Waals surface area (Å²) in [5.41, 5.74) is 11.0. The maximum Gasteiger partial charge on any atom is 0.0674 e. The molecule has 1 rings (SSSR count). The van der Waals surface area contributed by atoms with E-state index in [1.807, 2.05) is 6.08 Å². The Morgan fingerprint density at radius 2 is 2.12 bits per heavy atom. The lowest BCUT2D eigenvalue weighted by Crippen LogP contribution is -2.08. The second-order valence-corrected chi connectivity index (χ2v) is 8.58. The summed E-state index contributed by atoms with van der Waals surface area (Å²) >= 11 is 0.173. The summed E-state index contributed by atoms with van der Waals surface area (Å²) in [4.78, 5) is 0. The van der Waals surface area contributed by atoms with Gasteiger partial charge in [0.25, 0.3) is 0 Å². The maximum atomic E-state index is 5.52. The van der Waals surface area contributed by atoms with Crippen molar-refractivity contribution in [1.29, 1.82) is 0 Å². The van der Waals surface area contributed by atoms with E-state index in [1.165, 1.54) is 0 Å². The van der Waals surface area contributed by atoms with Crippen LogP contribution >= 0.6 is 41.5 Å². The van der Waals surface area contributed by atoms with Crippen LogP contribution in [0, 0.1) is 0 Å². The van der Waals surface area contributed by atoms with E-state index >= 15 is 0 Å². The molecule has 0 aromatic carbocycles. The third-order valence-electron chi connectivity index (χ3n) is 0.610. The van der Waals surface area contributed by atoms with E-state index in [0.717, 1.165) is 7.34 Å². The van der Waals surface area contributed by atoms with E-state index in [2.05, 4.69) is 2.02 Å². The van der Waals surface area contributed by atoms with E-state index < -0.39 is 0 Å². The van der Waals surface area contributed by atoms with Crippen LogP contribution in [0.2, 0.25) is 0 Å². The van der Waals surface area contributed by atoms with Gasteiger partial charge in [0, 0.05) is 5.65 Å². The van der Waals surface area contributed by atoms with E-state index in [0.29, 0.717) is 0 Å². The molecule has 0 aromatic rings. The standard InChI is InChI=1S/C4H6I2N2/c7-3-1-4(8)6-2-5-3/h1-2H,7-8H2. The number of hydrogen-bond donors (Lipinski definition) is 2. The van der Waals surface area contributed by atoms with Gasteiger partial charge in [-0.25, -0.2) is 0 Å². The number of hydrogen-bond acceptors (Lipinski definition) is 2. The van der Waals surface area contributed by atoms with Crippen LogP contribution in [0.5, 0.6) is 0 Å². The van der Waals surface area contributed by atoms with Crippen molar-refractivity contribution >= 4 is 47.1 Å². The molecule has 8 heavy (non-hydrogen) atoms. The number of rotatable bonds is 0. The zero-order chi connectivity index (χ0) is 5.98. The minimum absolute atomic E-state index is 0.0867. The average Bonchev–Trinajstić information content (AvgIpc) is 1.64. The Morgan fingerprint density at radius 1 is 1.38 bits per heavy atom. The van der Waals surface area contributed by atoms with Gasteiger partial charge in [0.1, 0.15) is 0 Å². The molecule has 0 aromatic heterocycles. The molecule has 4 N–H and O–H groups in total. The largest absolute Gasteiger partial charge is 0.394 e. The van der Waals surface area contributed by atoms with Crippen LogP contribution in [0.4, 0.5) is 0 Å². The molecule has 0 bridgehead atoms. The van der Waals surface area contributed by atoms with E-state index in [-0.39, 0.29) is 41.5 Å². The molecule has 2 nitrogen and oxygen atoms in total. The third-order valence-corrected chi connectivity index (χ3v) is 6.30. The van der Waals surface area contributed by atoms with Gasteiger partial charge in [-0.1, -0.05) is 41.5 Å². The molecular formula is C4H6I2N2. The summed E-state index contributed by atoms with van der Waals surface area (Å²) in [6.07, 6.45) is 1.93. The van der Waals surface area contributed by atoms with Crippen molar-refractivity contribution < 1.29 is 0 Å². The van der Waals surface area contributed by atoms with E-state index in [1.54, 1.807) is 0 Å². The molecule has 4 heteroatoms. The van der Waals surface area contributed by atoms with Crippen molar-refractivity contribution in [3.8, 4) is 0 Å². The van der Waals surface area contributed by atoms with Gasteiger partial charge >= 0.3 is 0 Å². The highest BCUT2D eigenvalue weighted by atomic mass is 127. The van der Waals surface area contributed by atoms with Crippen molar-refractivity contribution in [3.05, 3.63) is 9.78 Å². The molecule has 0 spiro atoms. The summed E-state index contributed by atoms with van der Waals surface area (Å²) in [5.74, 6) is 0. The van der Waals surface area contributed by atoms with E-state index in [4.69, 9.17) is 11.5 Å². The lowest BCUT2D eigenvalue weighted by Gasteiger charge is -1.95. The predicted molar refractivity (Wildman–Crippen MR) is 55.6 cm³/mol. The van der Waals surface area contributed by atoms with Gasteiger partial charge in [-0.2, -0.15) is 0 Å². The highest BCUT2D eigenvalue weighted by molar-refractivity contribution is 14.3. The Morgan fingerprint density at radius 3 is 2.50 bits per heavy atom. The van der Waals surface area contributed by atoms with Crippen LogP contribution in [0.3, 0.4) is 0 Å². The van der Waals surface area contributed by atoms with Gasteiger partial charge in [-0.3, -0.25) is 5.73 Å². The van der Waals surface area contributed by atoms with Crippen molar-refractivity contribution in [2.75, 3.05) is 0 Å². The van der Waals surface area contributed by atoms with Crippen LogP contribution < -0.4 is 11.5 Å². The first kappa shape index (κ1) is 6.81. The van der Waals surface area contributed by atoms with Gasteiger partial charge in [0.05, 0.1) is 3.70 Å². The third kappa shape index (κ3) is 1.90. The molecule has 1 heterocycles. The molecule has 0 radical (unpaired) electrons. The average molecular weight is 336 g/mol. The number of halogens is 2. The first-order valence-electron chi connectivity index (χ1n) is 1.97. The summed E-state index contributed by atoms with van der Waals surface area (Å²) in [6.45, 7) is 0. The van der Waals surface area contributed by atoms with Crippen LogP contribution in [0.15, 0.2) is 9.78 Å². The van der Waals surface area contributed by atoms with Gasteiger partial charge < -0.3 is 5.73 Å². The molecular weight excluding hydrogens is 330 g/mol. The zero-order valence-electron chi connectivity index (χ0n) is 4.07. The minimum Gasteiger partial charge on any atom is -0.394 e. The van der Waals surface area contributed by atoms with Gasteiger partial charge in [-0.15, -0.1) is 0 Å². The Bertz CT molecular complexity index is 178. The number of nitrogens with two attached hydrogens (primary N) is 2. The van der Waals surface area contributed by atoms with Crippen molar-refractivity contribution in [2.45, 2.75) is 0 Å². The molecule has 0 amide bonds. The van der Waals surface area contributed by atoms with Crippen LogP contribution in [0.1, 0.15) is 0 Å². The summed E-state index contributed by atoms with van der Waals surface area (Å²) < 4.78 is 4.31. The molecule has 0 unspecified atom stereocenters. The predicted octanol–water partition coefficient (Wildman–Crippen LogP) is 0.590. The molecule has 1 aliphatic heterocycles. The van der Waals surface area contributed by atoms with Gasteiger partial charge in [0.2, 0.25) is 0 Å². The molecule has 46 valence electrons. The molecule has 1 aliphatic rings. The molecule has 0 aliphatic carbocycles. The Kier molecular flexibility index (Phi) is 2.57. The smallest absolute Gasteiger partial charge is 0.0674 e. The fourth-order valence-electron chi connectivity index (χ4n) is 0.311. The Labute approximate surface area is 67.8 Å². The van der Waals surface area contributed by atoms with E-state index in [9.17, 15) is 0 Å². The lowest BCUT2D eigenvalue weighted by molar-refractivity contribution is 1.59. The van der Waals surface area contributed by atoms with Crippen LogP contribution in [0.25, 0.3) is 0 Å². The normalized spacial score (nSPS) is 19.6. The summed E-state index contributed by atoms with van der Waals surface area (Å²) in [7, 11) is 0. The van der Waals surface area contributed by atoms with Crippen molar-refractivity contribution in [2.24, 2.45) is 11.5 Å². The van der Waals surface area contributed by atoms with Crippen molar-refractivity contribution in [1.82, 2.24) is 0 Å². The lowest BCUT2D eigenvalue weighted by atomic mass is 10.6. The highest BCUT2D eigenvalue weighted by Crippen LogP contribution is 2.15. The first-order chi connectivity index (χ1) is 3.79. The quantitative estimate of drug-likeness (QED) is 0.503. The molecule has 0 saturated carbocycles. The maximum absolute atomic E-state index is 5.52. The van der Waals surface area contributed by atoms with Crippen LogP contribution in [-0.2, 0) is 0 Å².